The van der Waals surface area contributed by atoms with Gasteiger partial charge in [-0.25, -0.2) is 12.8 Å². The van der Waals surface area contributed by atoms with Gasteiger partial charge in [-0.05, 0) is 68.0 Å². The minimum Gasteiger partial charge on any atom is -0.437 e. The molecule has 1 unspecified atom stereocenters. The second-order valence-electron chi connectivity index (χ2n) is 9.86. The van der Waals surface area contributed by atoms with E-state index in [0.29, 0.717) is 55.2 Å². The summed E-state index contributed by atoms with van der Waals surface area (Å²) in [5.74, 6) is -0.772. The molecule has 2 aromatic heterocycles. The number of rotatable bonds is 10. The third-order valence-corrected chi connectivity index (χ3v) is 8.31. The summed E-state index contributed by atoms with van der Waals surface area (Å²) in [7, 11) is -0.863. The molecule has 1 aliphatic rings. The topological polar surface area (TPSA) is 153 Å². The van der Waals surface area contributed by atoms with Crippen LogP contribution in [-0.4, -0.2) is 79.6 Å². The number of carbonyl (C=O) groups is 2. The Balaban J connectivity index is 1.66. The second kappa shape index (κ2) is 11.9. The number of hydrogen-bond acceptors (Lipinski definition) is 8. The minimum absolute atomic E-state index is 0.0463. The molecule has 3 heterocycles. The molecular formula is C27H33FN4O7S. The van der Waals surface area contributed by atoms with Crippen molar-refractivity contribution >= 4 is 38.8 Å². The van der Waals surface area contributed by atoms with Crippen molar-refractivity contribution in [1.29, 1.82) is 0 Å². The highest BCUT2D eigenvalue weighted by molar-refractivity contribution is 7.92. The van der Waals surface area contributed by atoms with Crippen LogP contribution in [0.4, 0.5) is 10.2 Å². The number of carbonyl (C=O) groups excluding carboxylic acids is 2. The van der Waals surface area contributed by atoms with E-state index < -0.39 is 34.1 Å². The molecule has 2 amide bonds. The van der Waals surface area contributed by atoms with Crippen LogP contribution in [0.2, 0.25) is 0 Å². The predicted octanol–water partition coefficient (Wildman–Crippen LogP) is 2.40. The Hall–Kier alpha value is -3.55. The highest BCUT2D eigenvalue weighted by Crippen LogP contribution is 2.36. The number of amides is 2. The molecular weight excluding hydrogens is 543 g/mol. The van der Waals surface area contributed by atoms with Gasteiger partial charge in [0.2, 0.25) is 21.6 Å². The van der Waals surface area contributed by atoms with Crippen LogP contribution in [0.1, 0.15) is 48.0 Å². The summed E-state index contributed by atoms with van der Waals surface area (Å²) in [5, 5.41) is 22.0. The lowest BCUT2D eigenvalue weighted by molar-refractivity contribution is -0.143. The molecule has 0 spiro atoms. The Morgan fingerprint density at radius 1 is 1.25 bits per heavy atom. The number of anilines is 1. The number of nitrogens with zero attached hydrogens (tertiary/aromatic N) is 3. The maximum Gasteiger partial charge on any atom is 0.255 e. The van der Waals surface area contributed by atoms with Crippen LogP contribution in [0.15, 0.2) is 34.7 Å². The standard InChI is InChI=1S/C27H33FN4O7S/c1-29-25(34)22-19-15-17(7-4-5-9-21(33)32-14-6-8-20(32)27(35)36)24(31(2)40(3,37)38)30-26(19)39-23(22)16-10-12-18(28)13-11-16/h10-13,15,20,27,35-36H,4-9,14H2,1-3H3,(H,29,34). The summed E-state index contributed by atoms with van der Waals surface area (Å²) in [5.41, 5.74) is 1.22. The average Bonchev–Trinajstić information content (AvgIpc) is 3.55. The van der Waals surface area contributed by atoms with Crippen LogP contribution in [0.25, 0.3) is 22.4 Å². The normalized spacial score (nSPS) is 15.7. The number of aliphatic hydroxyl groups is 2. The van der Waals surface area contributed by atoms with Crippen LogP contribution < -0.4 is 9.62 Å². The number of halogens is 1. The fourth-order valence-electron chi connectivity index (χ4n) is 4.97. The number of likely N-dealkylation sites (tertiary alicyclic amines) is 1. The van der Waals surface area contributed by atoms with Gasteiger partial charge in [0.1, 0.15) is 17.4 Å². The fourth-order valence-corrected chi connectivity index (χ4v) is 5.44. The van der Waals surface area contributed by atoms with Crippen LogP contribution in [-0.2, 0) is 21.2 Å². The van der Waals surface area contributed by atoms with E-state index in [9.17, 15) is 32.6 Å². The van der Waals surface area contributed by atoms with Gasteiger partial charge in [-0.3, -0.25) is 13.9 Å². The number of unbranched alkanes of at least 4 members (excludes halogenated alkanes) is 1. The van der Waals surface area contributed by atoms with Crippen molar-refractivity contribution in [3.63, 3.8) is 0 Å². The SMILES string of the molecule is CNC(=O)c1c(-c2ccc(F)cc2)oc2nc(N(C)S(C)(=O)=O)c(CCCCC(=O)N3CCCC3C(O)O)cc12. The van der Waals surface area contributed by atoms with E-state index in [-0.39, 0.29) is 35.2 Å². The molecule has 0 saturated carbocycles. The molecule has 4 rings (SSSR count). The molecule has 0 aliphatic carbocycles. The van der Waals surface area contributed by atoms with E-state index in [1.165, 1.54) is 43.3 Å². The zero-order valence-corrected chi connectivity index (χ0v) is 23.4. The van der Waals surface area contributed by atoms with Crippen LogP contribution in [0, 0.1) is 5.82 Å². The first-order valence-corrected chi connectivity index (χ1v) is 14.8. The molecule has 0 bridgehead atoms. The summed E-state index contributed by atoms with van der Waals surface area (Å²) in [6, 6.07) is 6.49. The van der Waals surface area contributed by atoms with E-state index in [1.54, 1.807) is 6.07 Å². The molecule has 0 radical (unpaired) electrons. The summed E-state index contributed by atoms with van der Waals surface area (Å²) in [6.45, 7) is 0.476. The second-order valence-corrected chi connectivity index (χ2v) is 11.9. The number of nitrogens with one attached hydrogen (secondary N) is 1. The maximum atomic E-state index is 13.5. The van der Waals surface area contributed by atoms with Gasteiger partial charge in [-0.1, -0.05) is 0 Å². The number of aliphatic hydroxyl groups excluding tert-OH is 1. The minimum atomic E-state index is -3.70. The Bertz CT molecular complexity index is 1510. The third kappa shape index (κ3) is 6.11. The number of fused-ring (bicyclic) bond motifs is 1. The van der Waals surface area contributed by atoms with Gasteiger partial charge in [0, 0.05) is 32.6 Å². The summed E-state index contributed by atoms with van der Waals surface area (Å²) in [4.78, 5) is 31.6. The van der Waals surface area contributed by atoms with Gasteiger partial charge >= 0.3 is 0 Å². The lowest BCUT2D eigenvalue weighted by Gasteiger charge is -2.26. The van der Waals surface area contributed by atoms with Crippen molar-refractivity contribution in [2.24, 2.45) is 0 Å². The molecule has 1 atom stereocenters. The summed E-state index contributed by atoms with van der Waals surface area (Å²) >= 11 is 0. The number of pyridine rings is 1. The molecule has 1 aromatic carbocycles. The Morgan fingerprint density at radius 2 is 1.95 bits per heavy atom. The highest BCUT2D eigenvalue weighted by atomic mass is 32.2. The molecule has 3 N–H and O–H groups in total. The van der Waals surface area contributed by atoms with Gasteiger partial charge < -0.3 is 24.8 Å². The first-order chi connectivity index (χ1) is 18.9. The van der Waals surface area contributed by atoms with E-state index in [2.05, 4.69) is 10.3 Å². The molecule has 1 aliphatic heterocycles. The van der Waals surface area contributed by atoms with Crippen molar-refractivity contribution in [2.75, 3.05) is 31.2 Å². The summed E-state index contributed by atoms with van der Waals surface area (Å²) in [6.07, 6.45) is 2.23. The molecule has 216 valence electrons. The molecule has 1 fully saturated rings. The van der Waals surface area contributed by atoms with Crippen molar-refractivity contribution in [3.05, 3.63) is 47.3 Å². The highest BCUT2D eigenvalue weighted by Gasteiger charge is 2.32. The largest absolute Gasteiger partial charge is 0.437 e. The van der Waals surface area contributed by atoms with Crippen LogP contribution in [0.5, 0.6) is 0 Å². The number of benzene rings is 1. The molecule has 1 saturated heterocycles. The van der Waals surface area contributed by atoms with Gasteiger partial charge in [0.25, 0.3) is 5.91 Å². The lowest BCUT2D eigenvalue weighted by atomic mass is 10.0. The number of hydrogen-bond donors (Lipinski definition) is 3. The van der Waals surface area contributed by atoms with E-state index >= 15 is 0 Å². The third-order valence-electron chi connectivity index (χ3n) is 7.15. The van der Waals surface area contributed by atoms with Gasteiger partial charge in [-0.2, -0.15) is 4.98 Å². The van der Waals surface area contributed by atoms with Crippen LogP contribution >= 0.6 is 0 Å². The number of aromatic nitrogens is 1. The Morgan fingerprint density at radius 3 is 2.58 bits per heavy atom. The molecule has 40 heavy (non-hydrogen) atoms. The average molecular weight is 577 g/mol. The van der Waals surface area contributed by atoms with Gasteiger partial charge in [0.05, 0.1) is 23.2 Å². The van der Waals surface area contributed by atoms with Crippen molar-refractivity contribution in [1.82, 2.24) is 15.2 Å². The monoisotopic (exact) mass is 576 g/mol. The zero-order chi connectivity index (χ0) is 29.2. The van der Waals surface area contributed by atoms with Crippen molar-refractivity contribution < 1.29 is 37.0 Å². The number of aryl methyl sites for hydroxylation is 1. The van der Waals surface area contributed by atoms with E-state index in [1.807, 2.05) is 0 Å². The lowest BCUT2D eigenvalue weighted by Crippen LogP contribution is -2.42. The van der Waals surface area contributed by atoms with Gasteiger partial charge in [0.15, 0.2) is 6.29 Å². The van der Waals surface area contributed by atoms with E-state index in [0.717, 1.165) is 10.6 Å². The van der Waals surface area contributed by atoms with Crippen molar-refractivity contribution in [2.45, 2.75) is 50.9 Å². The zero-order valence-electron chi connectivity index (χ0n) is 22.6. The Labute approximate surface area is 231 Å². The van der Waals surface area contributed by atoms with Crippen LogP contribution in [0.3, 0.4) is 0 Å². The fraction of sp³-hybridized carbons (Fsp3) is 0.444. The van der Waals surface area contributed by atoms with Crippen molar-refractivity contribution in [3.8, 4) is 11.3 Å². The maximum absolute atomic E-state index is 13.5. The smallest absolute Gasteiger partial charge is 0.255 e. The number of sulfonamides is 1. The predicted molar refractivity (Wildman–Crippen MR) is 147 cm³/mol. The van der Waals surface area contributed by atoms with E-state index in [4.69, 9.17) is 4.42 Å². The van der Waals surface area contributed by atoms with Gasteiger partial charge in [-0.15, -0.1) is 0 Å². The summed E-state index contributed by atoms with van der Waals surface area (Å²) < 4.78 is 45.4. The number of furan rings is 1. The molecule has 11 nitrogen and oxygen atoms in total. The molecule has 3 aromatic rings. The molecule has 13 heteroatoms. The first kappa shape index (κ1) is 29.4. The first-order valence-electron chi connectivity index (χ1n) is 13.0. The Kier molecular flexibility index (Phi) is 8.76. The quantitative estimate of drug-likeness (QED) is 0.246.